The Hall–Kier alpha value is -1.10. The van der Waals surface area contributed by atoms with Crippen molar-refractivity contribution in [2.24, 2.45) is 5.73 Å². The second-order valence-electron chi connectivity index (χ2n) is 5.05. The van der Waals surface area contributed by atoms with Crippen LogP contribution in [0.1, 0.15) is 13.8 Å². The average Bonchev–Trinajstić information content (AvgIpc) is 2.33. The highest BCUT2D eigenvalue weighted by Gasteiger charge is 2.28. The van der Waals surface area contributed by atoms with Gasteiger partial charge < -0.3 is 10.5 Å². The molecule has 0 fully saturated rings. The number of pyridine rings is 1. The van der Waals surface area contributed by atoms with Gasteiger partial charge in [-0.2, -0.15) is 13.2 Å². The lowest BCUT2D eigenvalue weighted by Crippen LogP contribution is -2.45. The maximum absolute atomic E-state index is 12.0. The van der Waals surface area contributed by atoms with E-state index in [4.69, 9.17) is 5.73 Å². The maximum atomic E-state index is 12.0. The van der Waals surface area contributed by atoms with Gasteiger partial charge in [-0.1, -0.05) is 0 Å². The van der Waals surface area contributed by atoms with Gasteiger partial charge in [0.1, 0.15) is 4.90 Å². The van der Waals surface area contributed by atoms with Gasteiger partial charge in [0.15, 0.2) is 6.61 Å². The number of nitrogens with one attached hydrogen (secondary N) is 1. The molecule has 0 unspecified atom stereocenters. The van der Waals surface area contributed by atoms with E-state index in [1.807, 2.05) is 0 Å². The molecule has 0 amide bonds. The van der Waals surface area contributed by atoms with E-state index >= 15 is 0 Å². The van der Waals surface area contributed by atoms with E-state index in [2.05, 4.69) is 14.4 Å². The van der Waals surface area contributed by atoms with Crippen LogP contribution in [0.25, 0.3) is 0 Å². The number of halogens is 4. The fraction of sp³-hybridized carbons (Fsp3) is 0.545. The summed E-state index contributed by atoms with van der Waals surface area (Å²) >= 11 is 0. The van der Waals surface area contributed by atoms with Gasteiger partial charge in [0.25, 0.3) is 0 Å². The van der Waals surface area contributed by atoms with Crippen molar-refractivity contribution in [3.05, 3.63) is 18.3 Å². The van der Waals surface area contributed by atoms with Gasteiger partial charge in [0, 0.05) is 18.2 Å². The number of nitrogens with zero attached hydrogens (tertiary/aromatic N) is 1. The Labute approximate surface area is 132 Å². The number of alkyl halides is 3. The summed E-state index contributed by atoms with van der Waals surface area (Å²) in [5.41, 5.74) is 4.92. The lowest BCUT2D eigenvalue weighted by Gasteiger charge is -2.18. The Morgan fingerprint density at radius 1 is 1.32 bits per heavy atom. The first-order chi connectivity index (χ1) is 9.39. The molecule has 0 aliphatic carbocycles. The summed E-state index contributed by atoms with van der Waals surface area (Å²) in [6, 6.07) is 2.15. The van der Waals surface area contributed by atoms with Crippen molar-refractivity contribution in [3.63, 3.8) is 0 Å². The summed E-state index contributed by atoms with van der Waals surface area (Å²) in [5.74, 6) is -0.314. The summed E-state index contributed by atoms with van der Waals surface area (Å²) in [6.07, 6.45) is -3.57. The van der Waals surface area contributed by atoms with E-state index in [1.165, 1.54) is 0 Å². The lowest BCUT2D eigenvalue weighted by molar-refractivity contribution is -0.154. The Morgan fingerprint density at radius 3 is 2.32 bits per heavy atom. The molecule has 6 nitrogen and oxygen atoms in total. The average molecular weight is 364 g/mol. The highest BCUT2D eigenvalue weighted by molar-refractivity contribution is 7.89. The molecule has 0 aliphatic rings. The lowest BCUT2D eigenvalue weighted by atomic mass is 10.1. The van der Waals surface area contributed by atoms with Crippen LogP contribution in [-0.2, 0) is 10.0 Å². The van der Waals surface area contributed by atoms with Crippen LogP contribution in [0.5, 0.6) is 5.88 Å². The van der Waals surface area contributed by atoms with Crippen molar-refractivity contribution in [1.29, 1.82) is 0 Å². The summed E-state index contributed by atoms with van der Waals surface area (Å²) in [4.78, 5) is 3.33. The summed E-state index contributed by atoms with van der Waals surface area (Å²) < 4.78 is 66.3. The van der Waals surface area contributed by atoms with Crippen LogP contribution < -0.4 is 15.2 Å². The number of nitrogens with two attached hydrogens (primary N) is 1. The van der Waals surface area contributed by atoms with Crippen LogP contribution in [0, 0.1) is 0 Å². The molecule has 0 radical (unpaired) electrons. The van der Waals surface area contributed by atoms with Crippen molar-refractivity contribution in [1.82, 2.24) is 9.71 Å². The number of sulfonamides is 1. The fourth-order valence-corrected chi connectivity index (χ4v) is 2.30. The zero-order valence-corrected chi connectivity index (χ0v) is 13.5. The minimum absolute atomic E-state index is 0. The van der Waals surface area contributed by atoms with Crippen LogP contribution in [0.4, 0.5) is 13.2 Å². The van der Waals surface area contributed by atoms with Crippen molar-refractivity contribution in [3.8, 4) is 5.88 Å². The molecule has 1 aromatic heterocycles. The number of rotatable bonds is 6. The van der Waals surface area contributed by atoms with E-state index in [0.717, 1.165) is 18.3 Å². The second kappa shape index (κ2) is 7.44. The van der Waals surface area contributed by atoms with Crippen molar-refractivity contribution in [2.45, 2.75) is 30.5 Å². The molecule has 0 aromatic carbocycles. The number of hydrogen-bond acceptors (Lipinski definition) is 5. The van der Waals surface area contributed by atoms with Gasteiger partial charge in [-0.15, -0.1) is 12.4 Å². The van der Waals surface area contributed by atoms with Gasteiger partial charge in [-0.05, 0) is 19.9 Å². The van der Waals surface area contributed by atoms with Gasteiger partial charge in [0.05, 0.1) is 6.20 Å². The summed E-state index contributed by atoms with van der Waals surface area (Å²) in [7, 11) is -3.82. The summed E-state index contributed by atoms with van der Waals surface area (Å²) in [5, 5.41) is 0. The highest BCUT2D eigenvalue weighted by Crippen LogP contribution is 2.18. The zero-order chi connectivity index (χ0) is 16.3. The SMILES string of the molecule is CC(C)(N)CNS(=O)(=O)c1ccc(OCC(F)(F)F)nc1.Cl. The largest absolute Gasteiger partial charge is 0.468 e. The van der Waals surface area contributed by atoms with Crippen LogP contribution in [0.15, 0.2) is 23.2 Å². The van der Waals surface area contributed by atoms with E-state index in [9.17, 15) is 21.6 Å². The van der Waals surface area contributed by atoms with Crippen molar-refractivity contribution < 1.29 is 26.3 Å². The van der Waals surface area contributed by atoms with Gasteiger partial charge in [0.2, 0.25) is 15.9 Å². The monoisotopic (exact) mass is 363 g/mol. The Balaban J connectivity index is 0.00000441. The van der Waals surface area contributed by atoms with Crippen LogP contribution >= 0.6 is 12.4 Å². The molecule has 0 atom stereocenters. The molecule has 0 bridgehead atoms. The van der Waals surface area contributed by atoms with Crippen LogP contribution in [0.3, 0.4) is 0 Å². The normalized spacial score (nSPS) is 12.6. The van der Waals surface area contributed by atoms with E-state index in [0.29, 0.717) is 0 Å². The predicted octanol–water partition coefficient (Wildman–Crippen LogP) is 1.46. The fourth-order valence-electron chi connectivity index (χ4n) is 1.13. The Kier molecular flexibility index (Phi) is 7.07. The molecular formula is C11H17ClF3N3O3S. The second-order valence-corrected chi connectivity index (χ2v) is 6.82. The molecule has 128 valence electrons. The third-order valence-electron chi connectivity index (χ3n) is 2.12. The van der Waals surface area contributed by atoms with E-state index in [1.54, 1.807) is 13.8 Å². The topological polar surface area (TPSA) is 94.3 Å². The first kappa shape index (κ1) is 20.9. The molecular weight excluding hydrogens is 347 g/mol. The molecule has 1 rings (SSSR count). The molecule has 22 heavy (non-hydrogen) atoms. The quantitative estimate of drug-likeness (QED) is 0.798. The molecule has 0 spiro atoms. The van der Waals surface area contributed by atoms with Gasteiger partial charge >= 0.3 is 6.18 Å². The minimum atomic E-state index is -4.49. The smallest absolute Gasteiger partial charge is 0.422 e. The molecule has 11 heteroatoms. The third kappa shape index (κ3) is 7.78. The highest BCUT2D eigenvalue weighted by atomic mass is 35.5. The maximum Gasteiger partial charge on any atom is 0.422 e. The first-order valence-corrected chi connectivity index (χ1v) is 7.31. The van der Waals surface area contributed by atoms with Gasteiger partial charge in [-0.25, -0.2) is 18.1 Å². The number of aromatic nitrogens is 1. The van der Waals surface area contributed by atoms with E-state index in [-0.39, 0.29) is 29.7 Å². The van der Waals surface area contributed by atoms with Gasteiger partial charge in [-0.3, -0.25) is 0 Å². The summed E-state index contributed by atoms with van der Waals surface area (Å²) in [6.45, 7) is 1.79. The van der Waals surface area contributed by atoms with Crippen LogP contribution in [0.2, 0.25) is 0 Å². The molecule has 0 saturated carbocycles. The van der Waals surface area contributed by atoms with Crippen molar-refractivity contribution >= 4 is 22.4 Å². The molecule has 1 aromatic rings. The first-order valence-electron chi connectivity index (χ1n) is 5.83. The molecule has 3 N–H and O–H groups in total. The molecule has 0 aliphatic heterocycles. The zero-order valence-electron chi connectivity index (χ0n) is 11.8. The van der Waals surface area contributed by atoms with E-state index < -0.39 is 28.3 Å². The standard InChI is InChI=1S/C11H16F3N3O3S.ClH/c1-10(2,15)6-17-21(18,19)8-3-4-9(16-5-8)20-7-11(12,13)14;/h3-5,17H,6-7,15H2,1-2H3;1H. The molecule has 1 heterocycles. The molecule has 0 saturated heterocycles. The Bertz CT molecular complexity index is 571. The number of hydrogen-bond donors (Lipinski definition) is 2. The predicted molar refractivity (Wildman–Crippen MR) is 76.5 cm³/mol. The third-order valence-corrected chi connectivity index (χ3v) is 3.51. The van der Waals surface area contributed by atoms with Crippen LogP contribution in [-0.4, -0.2) is 38.3 Å². The Morgan fingerprint density at radius 2 is 1.91 bits per heavy atom. The van der Waals surface area contributed by atoms with Crippen molar-refractivity contribution in [2.75, 3.05) is 13.2 Å². The number of ether oxygens (including phenoxy) is 1. The minimum Gasteiger partial charge on any atom is -0.468 e.